The Morgan fingerprint density at radius 1 is 1.43 bits per heavy atom. The van der Waals surface area contributed by atoms with E-state index < -0.39 is 8.32 Å². The molecule has 4 heteroatoms. The number of rotatable bonds is 6. The lowest BCUT2D eigenvalue weighted by Crippen LogP contribution is -2.44. The molecule has 0 aliphatic heterocycles. The first-order valence-corrected chi connectivity index (χ1v) is 11.6. The highest BCUT2D eigenvalue weighted by molar-refractivity contribution is 7.09. The average Bonchev–Trinajstić information content (AvgIpc) is 2.72. The molecule has 0 unspecified atom stereocenters. The lowest BCUT2D eigenvalue weighted by molar-refractivity contribution is 0.204. The Bertz CT molecular complexity index is 485. The van der Waals surface area contributed by atoms with Crippen LogP contribution >= 0.6 is 11.3 Å². The van der Waals surface area contributed by atoms with Crippen LogP contribution < -0.4 is 0 Å². The second-order valence-electron chi connectivity index (χ2n) is 7.34. The van der Waals surface area contributed by atoms with Crippen molar-refractivity contribution in [1.82, 2.24) is 4.98 Å². The van der Waals surface area contributed by atoms with Crippen molar-refractivity contribution in [3.63, 3.8) is 0 Å². The molecule has 0 aliphatic carbocycles. The molecule has 1 aromatic rings. The summed E-state index contributed by atoms with van der Waals surface area (Å²) in [5, 5.41) is 3.48. The number of aromatic nitrogens is 1. The van der Waals surface area contributed by atoms with Gasteiger partial charge in [0.05, 0.1) is 16.8 Å². The first kappa shape index (κ1) is 18.6. The van der Waals surface area contributed by atoms with Crippen molar-refractivity contribution in [3.05, 3.63) is 21.7 Å². The van der Waals surface area contributed by atoms with Gasteiger partial charge >= 0.3 is 0 Å². The Morgan fingerprint density at radius 3 is 2.48 bits per heavy atom. The van der Waals surface area contributed by atoms with E-state index in [1.165, 1.54) is 5.57 Å². The van der Waals surface area contributed by atoms with Crippen molar-refractivity contribution >= 4 is 25.7 Å². The largest absolute Gasteiger partial charge is 0.410 e. The summed E-state index contributed by atoms with van der Waals surface area (Å²) in [5.74, 6) is 0. The van der Waals surface area contributed by atoms with Crippen LogP contribution in [0.5, 0.6) is 0 Å². The molecule has 21 heavy (non-hydrogen) atoms. The highest BCUT2D eigenvalue weighted by atomic mass is 32.1. The summed E-state index contributed by atoms with van der Waals surface area (Å²) in [5.41, 5.74) is 2.36. The average molecular weight is 326 g/mol. The topological polar surface area (TPSA) is 22.1 Å². The fourth-order valence-corrected chi connectivity index (χ4v) is 3.89. The molecule has 2 nitrogen and oxygen atoms in total. The lowest BCUT2D eigenvalue weighted by atomic mass is 10.1. The predicted molar refractivity (Wildman–Crippen MR) is 97.5 cm³/mol. The molecule has 120 valence electrons. The van der Waals surface area contributed by atoms with Gasteiger partial charge in [-0.3, -0.25) is 0 Å². The number of aryl methyl sites for hydroxylation is 1. The second kappa shape index (κ2) is 7.21. The molecule has 0 fully saturated rings. The minimum absolute atomic E-state index is 0.220. The molecule has 1 heterocycles. The van der Waals surface area contributed by atoms with E-state index in [4.69, 9.17) is 4.43 Å². The summed E-state index contributed by atoms with van der Waals surface area (Å²) in [6.07, 6.45) is 4.63. The molecule has 0 amide bonds. The molecule has 0 radical (unpaired) electrons. The SMILES string of the molecule is CCC[C@H](O[Si](C)(C)C(C)(C)C)/C(C)=C/c1csc(C)n1. The molecule has 0 saturated heterocycles. The maximum Gasteiger partial charge on any atom is 0.192 e. The normalized spacial score (nSPS) is 15.3. The van der Waals surface area contributed by atoms with Crippen LogP contribution in [-0.4, -0.2) is 19.4 Å². The number of hydrogen-bond acceptors (Lipinski definition) is 3. The van der Waals surface area contributed by atoms with Gasteiger partial charge in [0.15, 0.2) is 8.32 Å². The number of thiazole rings is 1. The van der Waals surface area contributed by atoms with Crippen LogP contribution in [0.3, 0.4) is 0 Å². The fourth-order valence-electron chi connectivity index (χ4n) is 1.95. The Labute approximate surface area is 135 Å². The molecule has 0 N–H and O–H groups in total. The van der Waals surface area contributed by atoms with E-state index in [9.17, 15) is 0 Å². The third kappa shape index (κ3) is 5.35. The molecule has 1 atom stereocenters. The van der Waals surface area contributed by atoms with E-state index in [0.29, 0.717) is 0 Å². The zero-order valence-electron chi connectivity index (χ0n) is 14.9. The summed E-state index contributed by atoms with van der Waals surface area (Å²) >= 11 is 1.70. The van der Waals surface area contributed by atoms with Gasteiger partial charge in [0.25, 0.3) is 0 Å². The first-order valence-electron chi connectivity index (χ1n) is 7.85. The van der Waals surface area contributed by atoms with Gasteiger partial charge in [-0.2, -0.15) is 0 Å². The molecule has 1 rings (SSSR count). The molecular formula is C17H31NOSSi. The molecule has 0 aliphatic rings. The summed E-state index contributed by atoms with van der Waals surface area (Å²) in [4.78, 5) is 4.54. The highest BCUT2D eigenvalue weighted by Gasteiger charge is 2.39. The lowest BCUT2D eigenvalue weighted by Gasteiger charge is -2.39. The van der Waals surface area contributed by atoms with Crippen LogP contribution in [0.25, 0.3) is 6.08 Å². The van der Waals surface area contributed by atoms with Crippen LogP contribution in [0.2, 0.25) is 18.1 Å². The molecule has 0 aromatic carbocycles. The van der Waals surface area contributed by atoms with Crippen molar-refractivity contribution in [2.75, 3.05) is 0 Å². The highest BCUT2D eigenvalue weighted by Crippen LogP contribution is 2.38. The van der Waals surface area contributed by atoms with Gasteiger partial charge in [0.2, 0.25) is 0 Å². The van der Waals surface area contributed by atoms with Gasteiger partial charge in [0, 0.05) is 5.38 Å². The van der Waals surface area contributed by atoms with Crippen molar-refractivity contribution in [3.8, 4) is 0 Å². The number of hydrogen-bond donors (Lipinski definition) is 0. The first-order chi connectivity index (χ1) is 9.56. The van der Waals surface area contributed by atoms with Crippen molar-refractivity contribution in [2.24, 2.45) is 0 Å². The Balaban J connectivity index is 2.93. The van der Waals surface area contributed by atoms with E-state index in [1.807, 2.05) is 6.92 Å². The van der Waals surface area contributed by atoms with Gasteiger partial charge < -0.3 is 4.43 Å². The van der Waals surface area contributed by atoms with Gasteiger partial charge in [0.1, 0.15) is 0 Å². The maximum absolute atomic E-state index is 6.63. The third-order valence-corrected chi connectivity index (χ3v) is 9.59. The zero-order valence-corrected chi connectivity index (χ0v) is 16.7. The predicted octanol–water partition coefficient (Wildman–Crippen LogP) is 6.05. The Morgan fingerprint density at radius 2 is 2.05 bits per heavy atom. The van der Waals surface area contributed by atoms with E-state index in [2.05, 4.69) is 64.2 Å². The summed E-state index contributed by atoms with van der Waals surface area (Å²) in [6, 6.07) is 0. The Hall–Kier alpha value is -0.453. The van der Waals surface area contributed by atoms with Crippen LogP contribution in [-0.2, 0) is 4.43 Å². The van der Waals surface area contributed by atoms with Gasteiger partial charge in [-0.05, 0) is 50.0 Å². The van der Waals surface area contributed by atoms with Crippen molar-refractivity contribution in [1.29, 1.82) is 0 Å². The van der Waals surface area contributed by atoms with E-state index in [-0.39, 0.29) is 11.1 Å². The smallest absolute Gasteiger partial charge is 0.192 e. The monoisotopic (exact) mass is 325 g/mol. The standard InChI is InChI=1S/C17H31NOSSi/c1-9-10-16(19-21(7,8)17(4,5)6)13(2)11-15-12-20-14(3)18-15/h11-12,16H,9-10H2,1-8H3/b13-11+/t16-/m0/s1. The van der Waals surface area contributed by atoms with E-state index >= 15 is 0 Å². The Kier molecular flexibility index (Phi) is 6.38. The van der Waals surface area contributed by atoms with Crippen LogP contribution in [0.4, 0.5) is 0 Å². The molecule has 0 saturated carbocycles. The minimum atomic E-state index is -1.74. The minimum Gasteiger partial charge on any atom is -0.410 e. The van der Waals surface area contributed by atoms with Crippen LogP contribution in [0, 0.1) is 6.92 Å². The van der Waals surface area contributed by atoms with Gasteiger partial charge in [-0.1, -0.05) is 34.1 Å². The van der Waals surface area contributed by atoms with Crippen LogP contribution in [0.15, 0.2) is 11.0 Å². The maximum atomic E-state index is 6.63. The van der Waals surface area contributed by atoms with Gasteiger partial charge in [-0.25, -0.2) is 4.98 Å². The molecule has 0 bridgehead atoms. The summed E-state index contributed by atoms with van der Waals surface area (Å²) < 4.78 is 6.63. The van der Waals surface area contributed by atoms with Gasteiger partial charge in [-0.15, -0.1) is 11.3 Å². The summed E-state index contributed by atoms with van der Waals surface area (Å²) in [6.45, 7) is 18.0. The molecule has 0 spiro atoms. The quantitative estimate of drug-likeness (QED) is 0.594. The van der Waals surface area contributed by atoms with Crippen molar-refractivity contribution < 1.29 is 4.43 Å². The van der Waals surface area contributed by atoms with Crippen molar-refractivity contribution in [2.45, 2.75) is 78.6 Å². The summed E-state index contributed by atoms with van der Waals surface area (Å²) in [7, 11) is -1.74. The van der Waals surface area contributed by atoms with E-state index in [1.54, 1.807) is 11.3 Å². The van der Waals surface area contributed by atoms with E-state index in [0.717, 1.165) is 23.5 Å². The second-order valence-corrected chi connectivity index (χ2v) is 13.2. The molecular weight excluding hydrogens is 294 g/mol. The number of nitrogens with zero attached hydrogens (tertiary/aromatic N) is 1. The third-order valence-electron chi connectivity index (χ3n) is 4.31. The van der Waals surface area contributed by atoms with Crippen LogP contribution in [0.1, 0.15) is 58.2 Å². The molecule has 1 aromatic heterocycles. The zero-order chi connectivity index (χ0) is 16.3. The fraction of sp³-hybridized carbons (Fsp3) is 0.706.